The van der Waals surface area contributed by atoms with Crippen molar-refractivity contribution in [1.29, 1.82) is 0 Å². The summed E-state index contributed by atoms with van der Waals surface area (Å²) in [6.07, 6.45) is 2.10. The van der Waals surface area contributed by atoms with Gasteiger partial charge in [0.25, 0.3) is 0 Å². The van der Waals surface area contributed by atoms with Crippen molar-refractivity contribution in [3.05, 3.63) is 27.7 Å². The molecular formula is C15H19Cl3O2. The molecule has 5 heteroatoms. The van der Waals surface area contributed by atoms with Gasteiger partial charge in [-0.25, -0.2) is 0 Å². The average Bonchev–Trinajstić information content (AvgIpc) is 2.90. The molecule has 1 saturated heterocycles. The first-order chi connectivity index (χ1) is 9.58. The summed E-state index contributed by atoms with van der Waals surface area (Å²) in [5.74, 6) is 0.870. The predicted molar refractivity (Wildman–Crippen MR) is 84.4 cm³/mol. The van der Waals surface area contributed by atoms with E-state index in [1.807, 2.05) is 13.0 Å². The molecule has 0 aliphatic carbocycles. The Bertz CT molecular complexity index is 465. The highest BCUT2D eigenvalue weighted by Crippen LogP contribution is 2.44. The molecule has 1 fully saturated rings. The Morgan fingerprint density at radius 2 is 2.05 bits per heavy atom. The molecule has 2 rings (SSSR count). The monoisotopic (exact) mass is 336 g/mol. The molecule has 1 aliphatic heterocycles. The van der Waals surface area contributed by atoms with Crippen molar-refractivity contribution in [3.8, 4) is 5.75 Å². The molecule has 1 aromatic carbocycles. The van der Waals surface area contributed by atoms with E-state index in [0.29, 0.717) is 22.4 Å². The molecule has 3 atom stereocenters. The van der Waals surface area contributed by atoms with Gasteiger partial charge in [-0.15, -0.1) is 11.6 Å². The summed E-state index contributed by atoms with van der Waals surface area (Å²) in [4.78, 5) is 0. The third kappa shape index (κ3) is 3.36. The number of halogens is 3. The molecular weight excluding hydrogens is 319 g/mol. The van der Waals surface area contributed by atoms with Gasteiger partial charge >= 0.3 is 0 Å². The van der Waals surface area contributed by atoms with Crippen LogP contribution in [0.15, 0.2) is 12.1 Å². The second kappa shape index (κ2) is 7.22. The largest absolute Gasteiger partial charge is 0.492 e. The molecule has 0 spiro atoms. The zero-order valence-corrected chi connectivity index (χ0v) is 13.9. The maximum absolute atomic E-state index is 6.63. The van der Waals surface area contributed by atoms with E-state index in [1.54, 1.807) is 6.07 Å². The third-order valence-electron chi connectivity index (χ3n) is 3.69. The SMILES string of the molecule is CCOc1cc(Cl)c(C(Cl)C2CCOC2CC)cc1Cl. The van der Waals surface area contributed by atoms with Gasteiger partial charge in [0.1, 0.15) is 5.75 Å². The first-order valence-corrected chi connectivity index (χ1v) is 8.15. The molecule has 112 valence electrons. The maximum Gasteiger partial charge on any atom is 0.139 e. The van der Waals surface area contributed by atoms with Gasteiger partial charge in [-0.1, -0.05) is 30.1 Å². The summed E-state index contributed by atoms with van der Waals surface area (Å²) in [7, 11) is 0. The van der Waals surface area contributed by atoms with Gasteiger partial charge in [-0.05, 0) is 31.4 Å². The fourth-order valence-electron chi connectivity index (χ4n) is 2.67. The van der Waals surface area contributed by atoms with Crippen LogP contribution < -0.4 is 4.74 Å². The van der Waals surface area contributed by atoms with Crippen molar-refractivity contribution in [2.45, 2.75) is 38.2 Å². The first kappa shape index (κ1) is 16.2. The van der Waals surface area contributed by atoms with Crippen molar-refractivity contribution >= 4 is 34.8 Å². The summed E-state index contributed by atoms with van der Waals surface area (Å²) < 4.78 is 11.1. The number of alkyl halides is 1. The minimum absolute atomic E-state index is 0.192. The number of benzene rings is 1. The molecule has 1 aromatic rings. The standard InChI is InChI=1S/C15H19Cl3O2/c1-3-13-9(5-6-20-13)15(18)10-7-12(17)14(19-4-2)8-11(10)16/h7-9,13,15H,3-6H2,1-2H3. The Kier molecular flexibility index (Phi) is 5.85. The first-order valence-electron chi connectivity index (χ1n) is 6.95. The van der Waals surface area contributed by atoms with E-state index >= 15 is 0 Å². The Hall–Kier alpha value is -0.150. The summed E-state index contributed by atoms with van der Waals surface area (Å²) in [5, 5.41) is 0.951. The van der Waals surface area contributed by atoms with Crippen LogP contribution in [-0.4, -0.2) is 19.3 Å². The van der Waals surface area contributed by atoms with E-state index in [0.717, 1.165) is 25.0 Å². The summed E-state index contributed by atoms with van der Waals surface area (Å²) in [6.45, 7) is 5.33. The Labute approximate surface area is 135 Å². The van der Waals surface area contributed by atoms with Crippen LogP contribution >= 0.6 is 34.8 Å². The fraction of sp³-hybridized carbons (Fsp3) is 0.600. The number of ether oxygens (including phenoxy) is 2. The topological polar surface area (TPSA) is 18.5 Å². The molecule has 0 aromatic heterocycles. The van der Waals surface area contributed by atoms with Crippen LogP contribution in [0.3, 0.4) is 0 Å². The summed E-state index contributed by atoms with van der Waals surface area (Å²) in [6, 6.07) is 3.56. The molecule has 0 N–H and O–H groups in total. The second-order valence-electron chi connectivity index (χ2n) is 4.91. The highest BCUT2D eigenvalue weighted by Gasteiger charge is 2.34. The van der Waals surface area contributed by atoms with E-state index in [4.69, 9.17) is 44.3 Å². The van der Waals surface area contributed by atoms with Crippen molar-refractivity contribution in [2.75, 3.05) is 13.2 Å². The summed E-state index contributed by atoms with van der Waals surface area (Å²) >= 11 is 19.2. The lowest BCUT2D eigenvalue weighted by Crippen LogP contribution is -2.19. The minimum Gasteiger partial charge on any atom is -0.492 e. The molecule has 0 bridgehead atoms. The van der Waals surface area contributed by atoms with Crippen LogP contribution in [0.4, 0.5) is 0 Å². The van der Waals surface area contributed by atoms with Gasteiger partial charge in [0.05, 0.1) is 23.1 Å². The lowest BCUT2D eigenvalue weighted by molar-refractivity contribution is 0.0864. The normalized spacial score (nSPS) is 23.9. The van der Waals surface area contributed by atoms with Crippen molar-refractivity contribution in [1.82, 2.24) is 0 Å². The van der Waals surface area contributed by atoms with Gasteiger partial charge in [0, 0.05) is 23.6 Å². The number of rotatable bonds is 5. The van der Waals surface area contributed by atoms with Gasteiger partial charge < -0.3 is 9.47 Å². The Morgan fingerprint density at radius 3 is 2.70 bits per heavy atom. The van der Waals surface area contributed by atoms with Crippen LogP contribution in [0.5, 0.6) is 5.75 Å². The minimum atomic E-state index is -0.192. The smallest absolute Gasteiger partial charge is 0.139 e. The van der Waals surface area contributed by atoms with E-state index in [2.05, 4.69) is 6.92 Å². The molecule has 0 radical (unpaired) electrons. The lowest BCUT2D eigenvalue weighted by atomic mass is 9.91. The molecule has 0 saturated carbocycles. The average molecular weight is 338 g/mol. The molecule has 20 heavy (non-hydrogen) atoms. The third-order valence-corrected chi connectivity index (χ3v) is 4.87. The van der Waals surface area contributed by atoms with Crippen LogP contribution in [0.1, 0.15) is 37.6 Å². The zero-order chi connectivity index (χ0) is 14.7. The summed E-state index contributed by atoms with van der Waals surface area (Å²) in [5.41, 5.74) is 0.857. The van der Waals surface area contributed by atoms with E-state index in [-0.39, 0.29) is 17.4 Å². The van der Waals surface area contributed by atoms with Crippen LogP contribution in [0, 0.1) is 5.92 Å². The predicted octanol–water partition coefficient (Wildman–Crippen LogP) is 5.49. The highest BCUT2D eigenvalue weighted by atomic mass is 35.5. The molecule has 2 nitrogen and oxygen atoms in total. The van der Waals surface area contributed by atoms with Crippen LogP contribution in [-0.2, 0) is 4.74 Å². The van der Waals surface area contributed by atoms with Crippen molar-refractivity contribution < 1.29 is 9.47 Å². The van der Waals surface area contributed by atoms with Crippen LogP contribution in [0.25, 0.3) is 0 Å². The fourth-order valence-corrected chi connectivity index (χ4v) is 3.69. The number of hydrogen-bond donors (Lipinski definition) is 0. The molecule has 3 unspecified atom stereocenters. The highest BCUT2D eigenvalue weighted by molar-refractivity contribution is 6.35. The van der Waals surface area contributed by atoms with Crippen LogP contribution in [0.2, 0.25) is 10.0 Å². The zero-order valence-electron chi connectivity index (χ0n) is 11.7. The van der Waals surface area contributed by atoms with Gasteiger partial charge in [-0.3, -0.25) is 0 Å². The Morgan fingerprint density at radius 1 is 1.30 bits per heavy atom. The second-order valence-corrected chi connectivity index (χ2v) is 6.19. The van der Waals surface area contributed by atoms with Gasteiger partial charge in [0.15, 0.2) is 0 Å². The molecule has 1 aliphatic rings. The van der Waals surface area contributed by atoms with E-state index < -0.39 is 0 Å². The lowest BCUT2D eigenvalue weighted by Gasteiger charge is -2.23. The van der Waals surface area contributed by atoms with Gasteiger partial charge in [0.2, 0.25) is 0 Å². The number of hydrogen-bond acceptors (Lipinski definition) is 2. The van der Waals surface area contributed by atoms with E-state index in [9.17, 15) is 0 Å². The molecule has 1 heterocycles. The van der Waals surface area contributed by atoms with Gasteiger partial charge in [-0.2, -0.15) is 0 Å². The quantitative estimate of drug-likeness (QED) is 0.662. The Balaban J connectivity index is 2.25. The maximum atomic E-state index is 6.63. The van der Waals surface area contributed by atoms with Crippen molar-refractivity contribution in [2.24, 2.45) is 5.92 Å². The van der Waals surface area contributed by atoms with E-state index in [1.165, 1.54) is 0 Å². The molecule has 0 amide bonds. The van der Waals surface area contributed by atoms with Crippen molar-refractivity contribution in [3.63, 3.8) is 0 Å².